The molecule has 1 heterocycles. The van der Waals surface area contributed by atoms with Gasteiger partial charge in [-0.2, -0.15) is 0 Å². The zero-order valence-corrected chi connectivity index (χ0v) is 20.7. The summed E-state index contributed by atoms with van der Waals surface area (Å²) in [5.41, 5.74) is 2.69. The highest BCUT2D eigenvalue weighted by molar-refractivity contribution is 14.0. The number of nitrogens with zero attached hydrogens (tertiary/aromatic N) is 3. The first-order valence-corrected chi connectivity index (χ1v) is 10.5. The zero-order valence-electron chi connectivity index (χ0n) is 18.4. The van der Waals surface area contributed by atoms with Gasteiger partial charge in [0.15, 0.2) is 5.96 Å². The van der Waals surface area contributed by atoms with Crippen LogP contribution in [0.15, 0.2) is 29.3 Å². The van der Waals surface area contributed by atoms with Crippen molar-refractivity contribution in [2.24, 2.45) is 4.99 Å². The second kappa shape index (κ2) is 13.4. The van der Waals surface area contributed by atoms with Crippen LogP contribution in [-0.4, -0.2) is 61.1 Å². The summed E-state index contributed by atoms with van der Waals surface area (Å²) in [7, 11) is 1.83. The van der Waals surface area contributed by atoms with Crippen LogP contribution in [0.4, 0.5) is 0 Å². The molecule has 0 radical (unpaired) electrons. The Morgan fingerprint density at radius 3 is 2.11 bits per heavy atom. The molecule has 0 bridgehead atoms. The molecule has 2 N–H and O–H groups in total. The van der Waals surface area contributed by atoms with Gasteiger partial charge >= 0.3 is 0 Å². The third-order valence-electron chi connectivity index (χ3n) is 5.30. The second-order valence-electron chi connectivity index (χ2n) is 8.08. The molecule has 0 aromatic heterocycles. The molecule has 1 aromatic rings. The van der Waals surface area contributed by atoms with Crippen LogP contribution in [0.3, 0.4) is 0 Å². The predicted octanol–water partition coefficient (Wildman–Crippen LogP) is 3.68. The number of halogens is 1. The minimum atomic E-state index is 0. The third-order valence-corrected chi connectivity index (χ3v) is 5.30. The van der Waals surface area contributed by atoms with Crippen molar-refractivity contribution >= 4 is 29.9 Å². The van der Waals surface area contributed by atoms with Crippen molar-refractivity contribution in [2.75, 3.05) is 33.2 Å². The van der Waals surface area contributed by atoms with E-state index in [1.807, 2.05) is 7.05 Å². The van der Waals surface area contributed by atoms with E-state index in [0.29, 0.717) is 12.1 Å². The number of guanidine groups is 1. The van der Waals surface area contributed by atoms with Crippen LogP contribution >= 0.6 is 24.0 Å². The van der Waals surface area contributed by atoms with Crippen LogP contribution < -0.4 is 10.6 Å². The van der Waals surface area contributed by atoms with E-state index in [1.54, 1.807) is 0 Å². The molecular formula is C22H40IN5. The molecule has 6 heteroatoms. The molecule has 1 aliphatic rings. The largest absolute Gasteiger partial charge is 0.355 e. The molecular weight excluding hydrogens is 461 g/mol. The Bertz CT molecular complexity index is 557. The fraction of sp³-hybridized carbons (Fsp3) is 0.682. The number of hydrogen-bond acceptors (Lipinski definition) is 3. The van der Waals surface area contributed by atoms with Gasteiger partial charge < -0.3 is 10.6 Å². The number of likely N-dealkylation sites (tertiary alicyclic amines) is 1. The summed E-state index contributed by atoms with van der Waals surface area (Å²) >= 11 is 0. The highest BCUT2D eigenvalue weighted by Gasteiger charge is 2.13. The number of rotatable bonds is 9. The molecule has 0 saturated carbocycles. The van der Waals surface area contributed by atoms with E-state index in [4.69, 9.17) is 0 Å². The van der Waals surface area contributed by atoms with Crippen molar-refractivity contribution in [2.45, 2.75) is 65.7 Å². The van der Waals surface area contributed by atoms with E-state index < -0.39 is 0 Å². The van der Waals surface area contributed by atoms with Gasteiger partial charge in [0.25, 0.3) is 0 Å². The van der Waals surface area contributed by atoms with Gasteiger partial charge in [-0.25, -0.2) is 0 Å². The van der Waals surface area contributed by atoms with Crippen LogP contribution in [0.2, 0.25) is 0 Å². The number of nitrogens with one attached hydrogen (secondary N) is 2. The zero-order chi connectivity index (χ0) is 19.6. The molecule has 28 heavy (non-hydrogen) atoms. The Morgan fingerprint density at radius 2 is 1.57 bits per heavy atom. The van der Waals surface area contributed by atoms with Crippen molar-refractivity contribution in [1.82, 2.24) is 20.4 Å². The SMILES string of the molecule is CN=C(NCCN(C(C)C)C(C)C)NCc1ccc(CN2CCCC2)cc1.I. The normalized spacial score (nSPS) is 15.4. The first kappa shape index (κ1) is 25.2. The van der Waals surface area contributed by atoms with E-state index in [0.717, 1.165) is 32.1 Å². The lowest BCUT2D eigenvalue weighted by Gasteiger charge is -2.30. The van der Waals surface area contributed by atoms with Gasteiger partial charge in [-0.05, 0) is 64.8 Å². The molecule has 5 nitrogen and oxygen atoms in total. The maximum absolute atomic E-state index is 4.34. The van der Waals surface area contributed by atoms with E-state index in [2.05, 4.69) is 77.4 Å². The minimum Gasteiger partial charge on any atom is -0.355 e. The van der Waals surface area contributed by atoms with Gasteiger partial charge in [-0.15, -0.1) is 24.0 Å². The Labute approximate surface area is 189 Å². The lowest BCUT2D eigenvalue weighted by atomic mass is 10.1. The second-order valence-corrected chi connectivity index (χ2v) is 8.08. The molecule has 160 valence electrons. The standard InChI is InChI=1S/C22H39N5.HI/c1-18(2)27(19(3)4)15-12-24-22(23-5)25-16-20-8-10-21(11-9-20)17-26-13-6-7-14-26;/h8-11,18-19H,6-7,12-17H2,1-5H3,(H2,23,24,25);1H. The average molecular weight is 502 g/mol. The van der Waals surface area contributed by atoms with Gasteiger partial charge in [0.2, 0.25) is 0 Å². The fourth-order valence-corrected chi connectivity index (χ4v) is 3.78. The molecule has 0 atom stereocenters. The van der Waals surface area contributed by atoms with Gasteiger partial charge in [-0.1, -0.05) is 24.3 Å². The van der Waals surface area contributed by atoms with E-state index in [-0.39, 0.29) is 24.0 Å². The van der Waals surface area contributed by atoms with Crippen molar-refractivity contribution < 1.29 is 0 Å². The third kappa shape index (κ3) is 8.66. The quantitative estimate of drug-likeness (QED) is 0.308. The van der Waals surface area contributed by atoms with Crippen molar-refractivity contribution in [3.63, 3.8) is 0 Å². The fourth-order valence-electron chi connectivity index (χ4n) is 3.78. The van der Waals surface area contributed by atoms with Crippen LogP contribution in [0.1, 0.15) is 51.7 Å². The molecule has 1 aromatic carbocycles. The number of benzene rings is 1. The van der Waals surface area contributed by atoms with Crippen molar-refractivity contribution in [3.05, 3.63) is 35.4 Å². The summed E-state index contributed by atoms with van der Waals surface area (Å²) in [6, 6.07) is 10.1. The maximum atomic E-state index is 4.34. The first-order chi connectivity index (χ1) is 13.0. The number of hydrogen-bond donors (Lipinski definition) is 2. The van der Waals surface area contributed by atoms with Gasteiger partial charge in [0.1, 0.15) is 0 Å². The predicted molar refractivity (Wildman–Crippen MR) is 132 cm³/mol. The number of aliphatic imine (C=N–C) groups is 1. The molecule has 2 rings (SSSR count). The highest BCUT2D eigenvalue weighted by atomic mass is 127. The Kier molecular flexibility index (Phi) is 12.0. The smallest absolute Gasteiger partial charge is 0.191 e. The molecule has 1 saturated heterocycles. The minimum absolute atomic E-state index is 0. The first-order valence-electron chi connectivity index (χ1n) is 10.5. The van der Waals surface area contributed by atoms with Crippen molar-refractivity contribution in [3.8, 4) is 0 Å². The Hall–Kier alpha value is -0.860. The molecule has 0 unspecified atom stereocenters. The average Bonchev–Trinajstić information content (AvgIpc) is 3.14. The van der Waals surface area contributed by atoms with E-state index >= 15 is 0 Å². The molecule has 0 aliphatic carbocycles. The summed E-state index contributed by atoms with van der Waals surface area (Å²) < 4.78 is 0. The summed E-state index contributed by atoms with van der Waals surface area (Å²) in [5.74, 6) is 0.864. The molecule has 0 amide bonds. The highest BCUT2D eigenvalue weighted by Crippen LogP contribution is 2.13. The van der Waals surface area contributed by atoms with Crippen LogP contribution in [0.5, 0.6) is 0 Å². The Balaban J connectivity index is 0.00000392. The summed E-state index contributed by atoms with van der Waals surface area (Å²) in [6.45, 7) is 15.3. The van der Waals surface area contributed by atoms with Gasteiger partial charge in [-0.3, -0.25) is 14.8 Å². The Morgan fingerprint density at radius 1 is 1.00 bits per heavy atom. The van der Waals surface area contributed by atoms with Crippen LogP contribution in [0, 0.1) is 0 Å². The molecule has 1 fully saturated rings. The van der Waals surface area contributed by atoms with Crippen LogP contribution in [0.25, 0.3) is 0 Å². The van der Waals surface area contributed by atoms with E-state index in [1.165, 1.54) is 37.1 Å². The van der Waals surface area contributed by atoms with Crippen LogP contribution in [-0.2, 0) is 13.1 Å². The monoisotopic (exact) mass is 501 g/mol. The topological polar surface area (TPSA) is 42.9 Å². The van der Waals surface area contributed by atoms with E-state index in [9.17, 15) is 0 Å². The lowest BCUT2D eigenvalue weighted by Crippen LogP contribution is -2.45. The lowest BCUT2D eigenvalue weighted by molar-refractivity contribution is 0.178. The summed E-state index contributed by atoms with van der Waals surface area (Å²) in [6.07, 6.45) is 2.69. The van der Waals surface area contributed by atoms with Gasteiger partial charge in [0, 0.05) is 45.3 Å². The van der Waals surface area contributed by atoms with Crippen molar-refractivity contribution in [1.29, 1.82) is 0 Å². The van der Waals surface area contributed by atoms with Gasteiger partial charge in [0.05, 0.1) is 0 Å². The summed E-state index contributed by atoms with van der Waals surface area (Å²) in [4.78, 5) is 9.37. The summed E-state index contributed by atoms with van der Waals surface area (Å²) in [5, 5.41) is 6.85. The maximum Gasteiger partial charge on any atom is 0.191 e. The molecule has 1 aliphatic heterocycles. The molecule has 0 spiro atoms.